The van der Waals surface area contributed by atoms with Gasteiger partial charge in [-0.2, -0.15) is 0 Å². The van der Waals surface area contributed by atoms with Crippen LogP contribution in [0, 0.1) is 27.7 Å². The fourth-order valence-corrected chi connectivity index (χ4v) is 4.36. The molecule has 0 radical (unpaired) electrons. The zero-order valence-electron chi connectivity index (χ0n) is 16.8. The Morgan fingerprint density at radius 1 is 1.07 bits per heavy atom. The molecule has 27 heavy (non-hydrogen) atoms. The molecule has 0 aromatic heterocycles. The van der Waals surface area contributed by atoms with Crippen LogP contribution >= 0.6 is 0 Å². The monoisotopic (exact) mass is 388 g/mol. The third kappa shape index (κ3) is 4.69. The molecule has 0 aliphatic heterocycles. The molecule has 146 valence electrons. The Labute approximate surface area is 162 Å². The Kier molecular flexibility index (Phi) is 6.31. The molecule has 1 amide bonds. The van der Waals surface area contributed by atoms with Crippen LogP contribution in [-0.2, 0) is 14.8 Å². The summed E-state index contributed by atoms with van der Waals surface area (Å²) in [5.41, 5.74) is 5.03. The molecule has 0 bridgehead atoms. The molecule has 0 fully saturated rings. The number of sulfonamides is 1. The van der Waals surface area contributed by atoms with Gasteiger partial charge in [0.2, 0.25) is 15.9 Å². The van der Waals surface area contributed by atoms with Crippen LogP contribution in [0.2, 0.25) is 0 Å². The average molecular weight is 389 g/mol. The predicted octanol–water partition coefficient (Wildman–Crippen LogP) is 4.10. The first-order chi connectivity index (χ1) is 12.6. The van der Waals surface area contributed by atoms with Crippen LogP contribution in [0.4, 0.5) is 11.4 Å². The van der Waals surface area contributed by atoms with Gasteiger partial charge in [0.1, 0.15) is 6.04 Å². The Morgan fingerprint density at radius 3 is 2.33 bits per heavy atom. The molecule has 0 saturated carbocycles. The number of benzene rings is 2. The molecule has 0 aliphatic carbocycles. The van der Waals surface area contributed by atoms with Crippen LogP contribution in [0.3, 0.4) is 0 Å². The molecule has 0 aliphatic rings. The largest absolute Gasteiger partial charge is 0.324 e. The maximum absolute atomic E-state index is 13.0. The number of hydrogen-bond acceptors (Lipinski definition) is 3. The molecule has 0 spiro atoms. The first-order valence-electron chi connectivity index (χ1n) is 9.00. The van der Waals surface area contributed by atoms with Crippen molar-refractivity contribution in [3.63, 3.8) is 0 Å². The van der Waals surface area contributed by atoms with Gasteiger partial charge in [0, 0.05) is 5.69 Å². The van der Waals surface area contributed by atoms with Gasteiger partial charge in [-0.15, -0.1) is 0 Å². The van der Waals surface area contributed by atoms with Crippen molar-refractivity contribution in [1.29, 1.82) is 0 Å². The summed E-state index contributed by atoms with van der Waals surface area (Å²) in [5, 5.41) is 2.91. The van der Waals surface area contributed by atoms with E-state index >= 15 is 0 Å². The second-order valence-corrected chi connectivity index (χ2v) is 8.87. The van der Waals surface area contributed by atoms with Crippen molar-refractivity contribution in [3.05, 3.63) is 58.7 Å². The molecule has 2 aromatic carbocycles. The minimum atomic E-state index is -3.65. The lowest BCUT2D eigenvalue weighted by atomic mass is 10.1. The fourth-order valence-electron chi connectivity index (χ4n) is 3.09. The Morgan fingerprint density at radius 2 is 1.74 bits per heavy atom. The summed E-state index contributed by atoms with van der Waals surface area (Å²) in [6, 6.07) is 10.5. The van der Waals surface area contributed by atoms with Gasteiger partial charge in [0.15, 0.2) is 0 Å². The van der Waals surface area contributed by atoms with Crippen molar-refractivity contribution in [1.82, 2.24) is 0 Å². The van der Waals surface area contributed by atoms with Crippen molar-refractivity contribution < 1.29 is 13.2 Å². The number of carbonyl (C=O) groups is 1. The summed E-state index contributed by atoms with van der Waals surface area (Å²) >= 11 is 0. The normalized spacial score (nSPS) is 12.5. The SMILES string of the molecule is CC[C@H](C(=O)Nc1cccc(C)c1C)N(c1cc(C)ccc1C)S(C)(=O)=O. The highest BCUT2D eigenvalue weighted by Crippen LogP contribution is 2.28. The van der Waals surface area contributed by atoms with E-state index in [-0.39, 0.29) is 5.91 Å². The van der Waals surface area contributed by atoms with Crippen LogP contribution in [0.15, 0.2) is 36.4 Å². The summed E-state index contributed by atoms with van der Waals surface area (Å²) in [6.07, 6.45) is 1.50. The zero-order valence-corrected chi connectivity index (χ0v) is 17.6. The highest BCUT2D eigenvalue weighted by molar-refractivity contribution is 7.92. The Hall–Kier alpha value is -2.34. The van der Waals surface area contributed by atoms with E-state index in [0.29, 0.717) is 17.8 Å². The van der Waals surface area contributed by atoms with Gasteiger partial charge in [-0.1, -0.05) is 31.2 Å². The van der Waals surface area contributed by atoms with Crippen molar-refractivity contribution >= 4 is 27.3 Å². The van der Waals surface area contributed by atoms with Gasteiger partial charge in [0.25, 0.3) is 0 Å². The summed E-state index contributed by atoms with van der Waals surface area (Å²) in [7, 11) is -3.65. The smallest absolute Gasteiger partial charge is 0.248 e. The molecular formula is C21H28N2O3S. The molecule has 2 rings (SSSR count). The first-order valence-corrected chi connectivity index (χ1v) is 10.8. The summed E-state index contributed by atoms with van der Waals surface area (Å²) in [4.78, 5) is 13.0. The molecule has 0 heterocycles. The molecular weight excluding hydrogens is 360 g/mol. The predicted molar refractivity (Wildman–Crippen MR) is 112 cm³/mol. The van der Waals surface area contributed by atoms with Crippen LogP contribution < -0.4 is 9.62 Å². The summed E-state index contributed by atoms with van der Waals surface area (Å²) in [5.74, 6) is -0.336. The van der Waals surface area contributed by atoms with Crippen LogP contribution in [0.25, 0.3) is 0 Å². The van der Waals surface area contributed by atoms with E-state index in [2.05, 4.69) is 5.32 Å². The molecule has 6 heteroatoms. The lowest BCUT2D eigenvalue weighted by Gasteiger charge is -2.31. The van der Waals surface area contributed by atoms with Crippen LogP contribution in [-0.4, -0.2) is 26.6 Å². The van der Waals surface area contributed by atoms with E-state index in [9.17, 15) is 13.2 Å². The van der Waals surface area contributed by atoms with E-state index < -0.39 is 16.1 Å². The molecule has 1 N–H and O–H groups in total. The van der Waals surface area contributed by atoms with E-state index in [1.165, 1.54) is 4.31 Å². The van der Waals surface area contributed by atoms with Gasteiger partial charge in [-0.25, -0.2) is 8.42 Å². The van der Waals surface area contributed by atoms with Crippen LogP contribution in [0.5, 0.6) is 0 Å². The molecule has 2 aromatic rings. The quantitative estimate of drug-likeness (QED) is 0.810. The lowest BCUT2D eigenvalue weighted by Crippen LogP contribution is -2.47. The summed E-state index contributed by atoms with van der Waals surface area (Å²) < 4.78 is 26.5. The minimum absolute atomic E-state index is 0.336. The highest BCUT2D eigenvalue weighted by Gasteiger charge is 2.32. The van der Waals surface area contributed by atoms with Gasteiger partial charge in [0.05, 0.1) is 11.9 Å². The van der Waals surface area contributed by atoms with Crippen molar-refractivity contribution in [2.45, 2.75) is 47.1 Å². The molecule has 5 nitrogen and oxygen atoms in total. The standard InChI is InChI=1S/C21H28N2O3S/c1-7-19(21(24)22-18-10-8-9-15(3)17(18)5)23(27(6,25)26)20-13-14(2)11-12-16(20)4/h8-13,19H,7H2,1-6H3,(H,22,24)/t19-/m1/s1. The van der Waals surface area contributed by atoms with Crippen molar-refractivity contribution in [2.75, 3.05) is 15.9 Å². The zero-order chi connectivity index (χ0) is 20.4. The average Bonchev–Trinajstić information content (AvgIpc) is 2.58. The third-order valence-corrected chi connectivity index (χ3v) is 5.96. The topological polar surface area (TPSA) is 66.5 Å². The number of amides is 1. The fraction of sp³-hybridized carbons (Fsp3) is 0.381. The lowest BCUT2D eigenvalue weighted by molar-refractivity contribution is -0.117. The molecule has 0 saturated heterocycles. The summed E-state index contributed by atoms with van der Waals surface area (Å²) in [6.45, 7) is 9.48. The van der Waals surface area contributed by atoms with Gasteiger partial charge < -0.3 is 5.32 Å². The van der Waals surface area contributed by atoms with Crippen LogP contribution in [0.1, 0.15) is 35.6 Å². The number of rotatable bonds is 6. The number of hydrogen-bond donors (Lipinski definition) is 1. The van der Waals surface area contributed by atoms with E-state index in [0.717, 1.165) is 28.5 Å². The maximum atomic E-state index is 13.0. The van der Waals surface area contributed by atoms with Crippen molar-refractivity contribution in [3.8, 4) is 0 Å². The number of carbonyl (C=O) groups excluding carboxylic acids is 1. The van der Waals surface area contributed by atoms with Gasteiger partial charge in [-0.05, 0) is 68.5 Å². The number of nitrogens with one attached hydrogen (secondary N) is 1. The number of nitrogens with zero attached hydrogens (tertiary/aromatic N) is 1. The molecule has 0 unspecified atom stereocenters. The Balaban J connectivity index is 2.48. The van der Waals surface area contributed by atoms with Gasteiger partial charge in [-0.3, -0.25) is 9.10 Å². The van der Waals surface area contributed by atoms with Gasteiger partial charge >= 0.3 is 0 Å². The number of anilines is 2. The Bertz CT molecular complexity index is 952. The first kappa shape index (κ1) is 21.0. The second-order valence-electron chi connectivity index (χ2n) is 7.01. The minimum Gasteiger partial charge on any atom is -0.324 e. The molecule has 1 atom stereocenters. The van der Waals surface area contributed by atoms with E-state index in [4.69, 9.17) is 0 Å². The number of aryl methyl sites for hydroxylation is 3. The third-order valence-electron chi connectivity index (χ3n) is 4.79. The highest BCUT2D eigenvalue weighted by atomic mass is 32.2. The van der Waals surface area contributed by atoms with E-state index in [1.807, 2.05) is 71.0 Å². The van der Waals surface area contributed by atoms with Crippen molar-refractivity contribution in [2.24, 2.45) is 0 Å². The van der Waals surface area contributed by atoms with E-state index in [1.54, 1.807) is 0 Å². The second kappa shape index (κ2) is 8.13. The maximum Gasteiger partial charge on any atom is 0.248 e.